The molecule has 1 saturated heterocycles. The highest BCUT2D eigenvalue weighted by molar-refractivity contribution is 5.53. The van der Waals surface area contributed by atoms with E-state index in [0.717, 1.165) is 32.0 Å². The van der Waals surface area contributed by atoms with Crippen molar-refractivity contribution in [2.75, 3.05) is 47.4 Å². The first kappa shape index (κ1) is 12.5. The van der Waals surface area contributed by atoms with Gasteiger partial charge in [-0.15, -0.1) is 0 Å². The second-order valence-corrected chi connectivity index (χ2v) is 4.82. The van der Waals surface area contributed by atoms with E-state index in [9.17, 15) is 0 Å². The third-order valence-electron chi connectivity index (χ3n) is 3.47. The van der Waals surface area contributed by atoms with Crippen molar-refractivity contribution in [2.24, 2.45) is 0 Å². The van der Waals surface area contributed by atoms with Crippen molar-refractivity contribution in [1.29, 1.82) is 0 Å². The Bertz CT molecular complexity index is 557. The van der Waals surface area contributed by atoms with Gasteiger partial charge >= 0.3 is 0 Å². The van der Waals surface area contributed by atoms with Gasteiger partial charge in [-0.05, 0) is 12.1 Å². The largest absolute Gasteiger partial charge is 0.383 e. The van der Waals surface area contributed by atoms with Gasteiger partial charge in [0.2, 0.25) is 5.95 Å². The van der Waals surface area contributed by atoms with Crippen LogP contribution in [0.4, 0.5) is 23.3 Å². The first-order valence-corrected chi connectivity index (χ1v) is 6.67. The number of piperazine rings is 1. The molecule has 0 spiro atoms. The van der Waals surface area contributed by atoms with Gasteiger partial charge in [0, 0.05) is 37.9 Å². The number of nitrogen functional groups attached to an aromatic ring is 2. The minimum Gasteiger partial charge on any atom is -0.383 e. The number of hydrogen-bond donors (Lipinski definition) is 2. The number of aromatic nitrogens is 2. The fourth-order valence-electron chi connectivity index (χ4n) is 2.47. The molecule has 0 saturated carbocycles. The molecule has 20 heavy (non-hydrogen) atoms. The Morgan fingerprint density at radius 2 is 1.50 bits per heavy atom. The fraction of sp³-hybridized carbons (Fsp3) is 0.286. The standard InChI is InChI=1S/C14H18N6/c15-12-10-13(18-14(16)17-12)20-8-6-19(7-9-20)11-4-2-1-3-5-11/h1-5,10H,6-9H2,(H4,15,16,17,18). The molecule has 4 N–H and O–H groups in total. The van der Waals surface area contributed by atoms with Crippen LogP contribution in [0.1, 0.15) is 0 Å². The maximum absolute atomic E-state index is 5.72. The number of anilines is 4. The molecular formula is C14H18N6. The van der Waals surface area contributed by atoms with Crippen molar-refractivity contribution in [3.8, 4) is 0 Å². The summed E-state index contributed by atoms with van der Waals surface area (Å²) in [6.07, 6.45) is 0. The predicted molar refractivity (Wildman–Crippen MR) is 81.7 cm³/mol. The van der Waals surface area contributed by atoms with Crippen LogP contribution < -0.4 is 21.3 Å². The Morgan fingerprint density at radius 3 is 2.15 bits per heavy atom. The summed E-state index contributed by atoms with van der Waals surface area (Å²) >= 11 is 0. The molecule has 0 aliphatic carbocycles. The molecule has 3 rings (SSSR count). The highest BCUT2D eigenvalue weighted by Gasteiger charge is 2.18. The van der Waals surface area contributed by atoms with Crippen LogP contribution in [-0.2, 0) is 0 Å². The molecule has 1 aromatic heterocycles. The topological polar surface area (TPSA) is 84.3 Å². The van der Waals surface area contributed by atoms with Crippen molar-refractivity contribution < 1.29 is 0 Å². The highest BCUT2D eigenvalue weighted by Crippen LogP contribution is 2.20. The first-order valence-electron chi connectivity index (χ1n) is 6.67. The Labute approximate surface area is 118 Å². The molecule has 0 atom stereocenters. The lowest BCUT2D eigenvalue weighted by Gasteiger charge is -2.36. The molecule has 0 amide bonds. The van der Waals surface area contributed by atoms with E-state index in [2.05, 4.69) is 44.0 Å². The molecule has 0 bridgehead atoms. The Hall–Kier alpha value is -2.50. The second kappa shape index (κ2) is 5.24. The first-order chi connectivity index (χ1) is 9.72. The summed E-state index contributed by atoms with van der Waals surface area (Å²) in [7, 11) is 0. The van der Waals surface area contributed by atoms with Crippen LogP contribution in [-0.4, -0.2) is 36.1 Å². The molecule has 0 radical (unpaired) electrons. The number of benzene rings is 1. The minimum absolute atomic E-state index is 0.227. The zero-order valence-corrected chi connectivity index (χ0v) is 11.2. The van der Waals surface area contributed by atoms with E-state index in [-0.39, 0.29) is 5.95 Å². The molecule has 104 valence electrons. The van der Waals surface area contributed by atoms with E-state index in [4.69, 9.17) is 11.5 Å². The van der Waals surface area contributed by atoms with Gasteiger partial charge < -0.3 is 21.3 Å². The lowest BCUT2D eigenvalue weighted by molar-refractivity contribution is 0.647. The summed E-state index contributed by atoms with van der Waals surface area (Å²) in [5.74, 6) is 1.45. The van der Waals surface area contributed by atoms with E-state index in [1.54, 1.807) is 6.07 Å². The molecule has 1 aromatic carbocycles. The molecule has 1 aliphatic heterocycles. The average molecular weight is 270 g/mol. The van der Waals surface area contributed by atoms with Crippen LogP contribution in [0.2, 0.25) is 0 Å². The summed E-state index contributed by atoms with van der Waals surface area (Å²) in [5.41, 5.74) is 12.6. The van der Waals surface area contributed by atoms with Gasteiger partial charge in [0.15, 0.2) is 0 Å². The normalized spacial score (nSPS) is 15.4. The van der Waals surface area contributed by atoms with Gasteiger partial charge in [-0.1, -0.05) is 18.2 Å². The lowest BCUT2D eigenvalue weighted by atomic mass is 10.2. The van der Waals surface area contributed by atoms with Crippen molar-refractivity contribution in [1.82, 2.24) is 9.97 Å². The molecule has 6 nitrogen and oxygen atoms in total. The SMILES string of the molecule is Nc1cc(N2CCN(c3ccccc3)CC2)nc(N)n1. The van der Waals surface area contributed by atoms with Crippen LogP contribution >= 0.6 is 0 Å². The molecule has 2 aromatic rings. The molecular weight excluding hydrogens is 252 g/mol. The molecule has 6 heteroatoms. The highest BCUT2D eigenvalue weighted by atomic mass is 15.3. The Kier molecular flexibility index (Phi) is 3.28. The van der Waals surface area contributed by atoms with E-state index >= 15 is 0 Å². The number of rotatable bonds is 2. The number of nitrogens with zero attached hydrogens (tertiary/aromatic N) is 4. The summed E-state index contributed by atoms with van der Waals surface area (Å²) in [6, 6.07) is 12.2. The maximum atomic E-state index is 5.72. The summed E-state index contributed by atoms with van der Waals surface area (Å²) < 4.78 is 0. The molecule has 1 fully saturated rings. The number of nitrogens with two attached hydrogens (primary N) is 2. The zero-order chi connectivity index (χ0) is 13.9. The Morgan fingerprint density at radius 1 is 0.850 bits per heavy atom. The van der Waals surface area contributed by atoms with Crippen LogP contribution in [0, 0.1) is 0 Å². The van der Waals surface area contributed by atoms with Crippen molar-refractivity contribution in [3.05, 3.63) is 36.4 Å². The molecule has 0 unspecified atom stereocenters. The van der Waals surface area contributed by atoms with E-state index < -0.39 is 0 Å². The maximum Gasteiger partial charge on any atom is 0.223 e. The van der Waals surface area contributed by atoms with Gasteiger partial charge in [0.25, 0.3) is 0 Å². The average Bonchev–Trinajstić information content (AvgIpc) is 2.47. The third kappa shape index (κ3) is 2.59. The third-order valence-corrected chi connectivity index (χ3v) is 3.47. The van der Waals surface area contributed by atoms with Gasteiger partial charge in [-0.25, -0.2) is 0 Å². The van der Waals surface area contributed by atoms with E-state index in [1.807, 2.05) is 6.07 Å². The molecule has 2 heterocycles. The van der Waals surface area contributed by atoms with Crippen LogP contribution in [0.15, 0.2) is 36.4 Å². The van der Waals surface area contributed by atoms with Crippen molar-refractivity contribution >= 4 is 23.3 Å². The van der Waals surface area contributed by atoms with Gasteiger partial charge in [-0.3, -0.25) is 0 Å². The zero-order valence-electron chi connectivity index (χ0n) is 11.2. The van der Waals surface area contributed by atoms with Gasteiger partial charge in [0.1, 0.15) is 11.6 Å². The smallest absolute Gasteiger partial charge is 0.223 e. The van der Waals surface area contributed by atoms with Gasteiger partial charge in [0.05, 0.1) is 0 Å². The fourth-order valence-corrected chi connectivity index (χ4v) is 2.47. The van der Waals surface area contributed by atoms with Crippen molar-refractivity contribution in [3.63, 3.8) is 0 Å². The Balaban J connectivity index is 1.69. The summed E-state index contributed by atoms with van der Waals surface area (Å²) in [4.78, 5) is 12.7. The monoisotopic (exact) mass is 270 g/mol. The second-order valence-electron chi connectivity index (χ2n) is 4.82. The molecule has 1 aliphatic rings. The van der Waals surface area contributed by atoms with E-state index in [0.29, 0.717) is 5.82 Å². The van der Waals surface area contributed by atoms with Crippen LogP contribution in [0.5, 0.6) is 0 Å². The number of hydrogen-bond acceptors (Lipinski definition) is 6. The van der Waals surface area contributed by atoms with Crippen LogP contribution in [0.3, 0.4) is 0 Å². The summed E-state index contributed by atoms with van der Waals surface area (Å²) in [6.45, 7) is 3.69. The quantitative estimate of drug-likeness (QED) is 0.846. The lowest BCUT2D eigenvalue weighted by Crippen LogP contribution is -2.46. The van der Waals surface area contributed by atoms with Crippen LogP contribution in [0.25, 0.3) is 0 Å². The van der Waals surface area contributed by atoms with Gasteiger partial charge in [-0.2, -0.15) is 9.97 Å². The van der Waals surface area contributed by atoms with E-state index in [1.165, 1.54) is 5.69 Å². The van der Waals surface area contributed by atoms with Crippen molar-refractivity contribution in [2.45, 2.75) is 0 Å². The minimum atomic E-state index is 0.227. The number of para-hydroxylation sites is 1. The summed E-state index contributed by atoms with van der Waals surface area (Å²) in [5, 5.41) is 0. The predicted octanol–water partition coefficient (Wildman–Crippen LogP) is 0.968.